The van der Waals surface area contributed by atoms with Gasteiger partial charge in [0.15, 0.2) is 0 Å². The standard InChI is InChI=1S/C16H23N3/c1-5-9-19-15-8-7-12(11(3)4)10-14(15)18-16(19)13(17)6-2/h5,7-8,10-11,13H,1,6,9,17H2,2-4H3. The highest BCUT2D eigenvalue weighted by atomic mass is 15.1. The summed E-state index contributed by atoms with van der Waals surface area (Å²) < 4.78 is 2.17. The molecule has 2 N–H and O–H groups in total. The highest BCUT2D eigenvalue weighted by Gasteiger charge is 2.15. The van der Waals surface area contributed by atoms with Gasteiger partial charge in [0.25, 0.3) is 0 Å². The Morgan fingerprint density at radius 1 is 1.42 bits per heavy atom. The Kier molecular flexibility index (Phi) is 4.05. The zero-order valence-corrected chi connectivity index (χ0v) is 12.1. The smallest absolute Gasteiger partial charge is 0.127 e. The Morgan fingerprint density at radius 3 is 2.74 bits per heavy atom. The molecule has 0 fully saturated rings. The van der Waals surface area contributed by atoms with E-state index < -0.39 is 0 Å². The molecule has 1 aromatic heterocycles. The molecule has 19 heavy (non-hydrogen) atoms. The monoisotopic (exact) mass is 257 g/mol. The van der Waals surface area contributed by atoms with E-state index in [9.17, 15) is 0 Å². The predicted octanol–water partition coefficient (Wildman–Crippen LogP) is 3.76. The van der Waals surface area contributed by atoms with Crippen molar-refractivity contribution in [3.8, 4) is 0 Å². The second-order valence-corrected chi connectivity index (χ2v) is 5.29. The van der Waals surface area contributed by atoms with Gasteiger partial charge in [0.1, 0.15) is 5.82 Å². The van der Waals surface area contributed by atoms with Crippen LogP contribution in [-0.4, -0.2) is 9.55 Å². The molecule has 0 aliphatic carbocycles. The lowest BCUT2D eigenvalue weighted by atomic mass is 10.0. The lowest BCUT2D eigenvalue weighted by Gasteiger charge is -2.11. The molecule has 0 aliphatic heterocycles. The number of hydrogen-bond donors (Lipinski definition) is 1. The van der Waals surface area contributed by atoms with Gasteiger partial charge in [-0.2, -0.15) is 0 Å². The summed E-state index contributed by atoms with van der Waals surface area (Å²) in [5.74, 6) is 1.47. The molecule has 0 saturated carbocycles. The van der Waals surface area contributed by atoms with E-state index >= 15 is 0 Å². The molecule has 3 nitrogen and oxygen atoms in total. The molecule has 0 saturated heterocycles. The summed E-state index contributed by atoms with van der Waals surface area (Å²) >= 11 is 0. The Bertz CT molecular complexity index is 581. The van der Waals surface area contributed by atoms with Crippen LogP contribution in [0.1, 0.15) is 50.5 Å². The average Bonchev–Trinajstić information content (AvgIpc) is 2.76. The van der Waals surface area contributed by atoms with Crippen molar-refractivity contribution in [2.75, 3.05) is 0 Å². The lowest BCUT2D eigenvalue weighted by Crippen LogP contribution is -2.15. The number of benzene rings is 1. The lowest BCUT2D eigenvalue weighted by molar-refractivity contribution is 0.609. The first-order valence-corrected chi connectivity index (χ1v) is 6.95. The minimum absolute atomic E-state index is 0.0187. The highest BCUT2D eigenvalue weighted by molar-refractivity contribution is 5.77. The number of imidazole rings is 1. The summed E-state index contributed by atoms with van der Waals surface area (Å²) in [6, 6.07) is 6.48. The fourth-order valence-corrected chi connectivity index (χ4v) is 2.31. The molecule has 0 spiro atoms. The van der Waals surface area contributed by atoms with Gasteiger partial charge in [-0.3, -0.25) is 0 Å². The predicted molar refractivity (Wildman–Crippen MR) is 81.2 cm³/mol. The minimum Gasteiger partial charge on any atom is -0.323 e. The Hall–Kier alpha value is -1.61. The number of allylic oxidation sites excluding steroid dienone is 1. The van der Waals surface area contributed by atoms with Crippen LogP contribution in [0.4, 0.5) is 0 Å². The molecule has 0 aliphatic rings. The third-order valence-electron chi connectivity index (χ3n) is 3.55. The van der Waals surface area contributed by atoms with Gasteiger partial charge < -0.3 is 10.3 Å². The summed E-state index contributed by atoms with van der Waals surface area (Å²) in [7, 11) is 0. The van der Waals surface area contributed by atoms with Crippen molar-refractivity contribution in [2.45, 2.75) is 45.7 Å². The number of aromatic nitrogens is 2. The normalized spacial score (nSPS) is 13.1. The topological polar surface area (TPSA) is 43.8 Å². The third-order valence-corrected chi connectivity index (χ3v) is 3.55. The van der Waals surface area contributed by atoms with Gasteiger partial charge in [-0.15, -0.1) is 6.58 Å². The van der Waals surface area contributed by atoms with Crippen molar-refractivity contribution in [3.63, 3.8) is 0 Å². The molecule has 102 valence electrons. The second-order valence-electron chi connectivity index (χ2n) is 5.29. The number of hydrogen-bond acceptors (Lipinski definition) is 2. The van der Waals surface area contributed by atoms with Gasteiger partial charge in [-0.05, 0) is 30.0 Å². The quantitative estimate of drug-likeness (QED) is 0.829. The van der Waals surface area contributed by atoms with Crippen molar-refractivity contribution in [1.82, 2.24) is 9.55 Å². The molecule has 1 heterocycles. The van der Waals surface area contributed by atoms with Gasteiger partial charge in [0.2, 0.25) is 0 Å². The van der Waals surface area contributed by atoms with Crippen molar-refractivity contribution in [1.29, 1.82) is 0 Å². The number of nitrogens with two attached hydrogens (primary N) is 1. The molecule has 2 rings (SSSR count). The van der Waals surface area contributed by atoms with E-state index in [0.717, 1.165) is 29.8 Å². The molecule has 3 heteroatoms. The molecule has 0 amide bonds. The van der Waals surface area contributed by atoms with E-state index in [1.165, 1.54) is 5.56 Å². The van der Waals surface area contributed by atoms with E-state index in [4.69, 9.17) is 10.7 Å². The van der Waals surface area contributed by atoms with E-state index in [0.29, 0.717) is 5.92 Å². The summed E-state index contributed by atoms with van der Waals surface area (Å²) in [5.41, 5.74) is 9.66. The molecule has 1 unspecified atom stereocenters. The summed E-state index contributed by atoms with van der Waals surface area (Å²) in [6.07, 6.45) is 2.78. The van der Waals surface area contributed by atoms with Crippen LogP contribution in [0.25, 0.3) is 11.0 Å². The van der Waals surface area contributed by atoms with Crippen LogP contribution in [0, 0.1) is 0 Å². The zero-order valence-electron chi connectivity index (χ0n) is 12.1. The first-order valence-electron chi connectivity index (χ1n) is 6.95. The van der Waals surface area contributed by atoms with Crippen LogP contribution in [0.5, 0.6) is 0 Å². The molecule has 0 bridgehead atoms. The van der Waals surface area contributed by atoms with E-state index in [1.807, 2.05) is 6.08 Å². The molecule has 1 atom stereocenters. The van der Waals surface area contributed by atoms with Crippen molar-refractivity contribution >= 4 is 11.0 Å². The Balaban J connectivity index is 2.61. The van der Waals surface area contributed by atoms with Crippen molar-refractivity contribution in [2.24, 2.45) is 5.73 Å². The van der Waals surface area contributed by atoms with E-state index in [2.05, 4.69) is 50.1 Å². The van der Waals surface area contributed by atoms with Crippen LogP contribution in [0.15, 0.2) is 30.9 Å². The summed E-state index contributed by atoms with van der Waals surface area (Å²) in [4.78, 5) is 4.74. The molecular weight excluding hydrogens is 234 g/mol. The van der Waals surface area contributed by atoms with Gasteiger partial charge in [-0.1, -0.05) is 32.9 Å². The number of rotatable bonds is 5. The van der Waals surface area contributed by atoms with Crippen LogP contribution < -0.4 is 5.73 Å². The fourth-order valence-electron chi connectivity index (χ4n) is 2.31. The highest BCUT2D eigenvalue weighted by Crippen LogP contribution is 2.25. The van der Waals surface area contributed by atoms with Gasteiger partial charge in [-0.25, -0.2) is 4.98 Å². The van der Waals surface area contributed by atoms with Crippen molar-refractivity contribution in [3.05, 3.63) is 42.2 Å². The fraction of sp³-hybridized carbons (Fsp3) is 0.438. The van der Waals surface area contributed by atoms with Crippen LogP contribution in [0.3, 0.4) is 0 Å². The maximum Gasteiger partial charge on any atom is 0.127 e. The van der Waals surface area contributed by atoms with Crippen molar-refractivity contribution < 1.29 is 0 Å². The number of nitrogens with zero attached hydrogens (tertiary/aromatic N) is 2. The van der Waals surface area contributed by atoms with Gasteiger partial charge in [0.05, 0.1) is 17.1 Å². The van der Waals surface area contributed by atoms with Gasteiger partial charge >= 0.3 is 0 Å². The number of fused-ring (bicyclic) bond motifs is 1. The largest absolute Gasteiger partial charge is 0.323 e. The maximum absolute atomic E-state index is 6.17. The maximum atomic E-state index is 6.17. The van der Waals surface area contributed by atoms with Crippen LogP contribution >= 0.6 is 0 Å². The second kappa shape index (κ2) is 5.57. The summed E-state index contributed by atoms with van der Waals surface area (Å²) in [5, 5.41) is 0. The van der Waals surface area contributed by atoms with Crippen LogP contribution in [-0.2, 0) is 6.54 Å². The first-order chi connectivity index (χ1) is 9.08. The SMILES string of the molecule is C=CCn1c(C(N)CC)nc2cc(C(C)C)ccc21. The van der Waals surface area contributed by atoms with Crippen LogP contribution in [0.2, 0.25) is 0 Å². The van der Waals surface area contributed by atoms with E-state index in [1.54, 1.807) is 0 Å². The zero-order chi connectivity index (χ0) is 14.0. The van der Waals surface area contributed by atoms with E-state index in [-0.39, 0.29) is 6.04 Å². The molecule has 0 radical (unpaired) electrons. The third kappa shape index (κ3) is 2.56. The average molecular weight is 257 g/mol. The molecule has 1 aromatic carbocycles. The van der Waals surface area contributed by atoms with Gasteiger partial charge in [0, 0.05) is 6.54 Å². The molecule has 2 aromatic rings. The minimum atomic E-state index is -0.0187. The Labute approximate surface area is 115 Å². The molecular formula is C16H23N3. The Morgan fingerprint density at radius 2 is 2.16 bits per heavy atom. The first kappa shape index (κ1) is 13.8. The summed E-state index contributed by atoms with van der Waals surface area (Å²) in [6.45, 7) is 11.1.